The molecule has 0 aliphatic heterocycles. The van der Waals surface area contributed by atoms with Crippen molar-refractivity contribution >= 4 is 25.5 Å². The highest BCUT2D eigenvalue weighted by molar-refractivity contribution is 6.73. The van der Waals surface area contributed by atoms with E-state index in [0.717, 1.165) is 0 Å². The summed E-state index contributed by atoms with van der Waals surface area (Å²) in [4.78, 5) is 23.3. The van der Waals surface area contributed by atoms with Crippen molar-refractivity contribution in [1.29, 1.82) is 0 Å². The van der Waals surface area contributed by atoms with Gasteiger partial charge in [0, 0.05) is 12.8 Å². The number of carbonyl (C=O) groups excluding carboxylic acids is 2. The van der Waals surface area contributed by atoms with E-state index in [9.17, 15) is 9.59 Å². The van der Waals surface area contributed by atoms with Crippen LogP contribution in [-0.4, -0.2) is 30.2 Å². The number of carbonyl (C=O) groups is 2. The van der Waals surface area contributed by atoms with Gasteiger partial charge in [-0.25, -0.2) is 0 Å². The molecule has 1 aromatic carbocycles. The van der Waals surface area contributed by atoms with E-state index in [1.807, 2.05) is 18.2 Å². The lowest BCUT2D eigenvalue weighted by Gasteiger charge is -2.32. The number of ketones is 2. The van der Waals surface area contributed by atoms with Crippen LogP contribution in [0.2, 0.25) is 19.6 Å². The molecular formula is C16H22N2O2Si. The predicted molar refractivity (Wildman–Crippen MR) is 86.6 cm³/mol. The summed E-state index contributed by atoms with van der Waals surface area (Å²) < 4.78 is 2.07. The summed E-state index contributed by atoms with van der Waals surface area (Å²) in [6.07, 6.45) is 0.937. The first-order valence-electron chi connectivity index (χ1n) is 7.30. The summed E-state index contributed by atoms with van der Waals surface area (Å²) in [7, 11) is -1.69. The van der Waals surface area contributed by atoms with E-state index in [4.69, 9.17) is 0 Å². The van der Waals surface area contributed by atoms with Crippen molar-refractivity contribution in [2.75, 3.05) is 0 Å². The first kappa shape index (κ1) is 15.6. The van der Waals surface area contributed by atoms with Crippen molar-refractivity contribution in [3.05, 3.63) is 35.9 Å². The number of hydrogen-bond acceptors (Lipinski definition) is 4. The second kappa shape index (κ2) is 6.35. The molecule has 112 valence electrons. The highest BCUT2D eigenvalue weighted by atomic mass is 28.3. The smallest absolute Gasteiger partial charge is 0.186 e. The van der Waals surface area contributed by atoms with Gasteiger partial charge in [0.15, 0.2) is 14.0 Å². The van der Waals surface area contributed by atoms with Gasteiger partial charge in [0.1, 0.15) is 11.5 Å². The quantitative estimate of drug-likeness (QED) is 0.488. The van der Waals surface area contributed by atoms with Crippen LogP contribution in [-0.2, 0) is 16.1 Å². The summed E-state index contributed by atoms with van der Waals surface area (Å²) in [6.45, 7) is 7.33. The van der Waals surface area contributed by atoms with Gasteiger partial charge in [-0.1, -0.05) is 50.0 Å². The van der Waals surface area contributed by atoms with Gasteiger partial charge < -0.3 is 4.67 Å². The fourth-order valence-electron chi connectivity index (χ4n) is 2.20. The second-order valence-corrected chi connectivity index (χ2v) is 11.3. The van der Waals surface area contributed by atoms with Crippen molar-refractivity contribution in [1.82, 2.24) is 4.67 Å². The Kier molecular flexibility index (Phi) is 4.72. The van der Waals surface area contributed by atoms with Crippen LogP contribution in [0.5, 0.6) is 0 Å². The third-order valence-corrected chi connectivity index (χ3v) is 5.32. The number of benzene rings is 1. The van der Waals surface area contributed by atoms with Crippen LogP contribution in [0, 0.1) is 0 Å². The van der Waals surface area contributed by atoms with Gasteiger partial charge in [0.25, 0.3) is 0 Å². The Hall–Kier alpha value is -1.75. The van der Waals surface area contributed by atoms with E-state index in [2.05, 4.69) is 41.5 Å². The van der Waals surface area contributed by atoms with Crippen molar-refractivity contribution in [3.8, 4) is 0 Å². The molecule has 0 saturated heterocycles. The summed E-state index contributed by atoms with van der Waals surface area (Å²) in [5.74, 6) is -0.0795. The van der Waals surface area contributed by atoms with Gasteiger partial charge in [0.05, 0.1) is 13.0 Å². The molecule has 0 heterocycles. The summed E-state index contributed by atoms with van der Waals surface area (Å²) in [6, 6.07) is 10.1. The first-order chi connectivity index (χ1) is 9.86. The molecule has 21 heavy (non-hydrogen) atoms. The Morgan fingerprint density at radius 2 is 1.76 bits per heavy atom. The van der Waals surface area contributed by atoms with Gasteiger partial charge in [-0.05, 0) is 5.56 Å². The van der Waals surface area contributed by atoms with E-state index in [0.29, 0.717) is 25.1 Å². The van der Waals surface area contributed by atoms with Crippen LogP contribution in [0.15, 0.2) is 35.4 Å². The minimum atomic E-state index is -1.69. The van der Waals surface area contributed by atoms with E-state index < -0.39 is 8.24 Å². The maximum Gasteiger partial charge on any atom is 0.186 e. The van der Waals surface area contributed by atoms with Crippen molar-refractivity contribution in [2.45, 2.75) is 45.4 Å². The van der Waals surface area contributed by atoms with Crippen molar-refractivity contribution in [3.63, 3.8) is 0 Å². The van der Waals surface area contributed by atoms with Crippen LogP contribution in [0.1, 0.15) is 24.8 Å². The molecule has 5 heteroatoms. The lowest BCUT2D eigenvalue weighted by atomic mass is 9.96. The Bertz CT molecular complexity index is 561. The van der Waals surface area contributed by atoms with Gasteiger partial charge >= 0.3 is 0 Å². The standard InChI is InChI=1S/C16H22N2O2Si/c1-21(2,3)18(12-13-7-5-4-6-8-13)17-15-10-9-14(19)11-16(15)20/h4-8H,9-12H2,1-3H3/b17-15-. The summed E-state index contributed by atoms with van der Waals surface area (Å²) in [5.41, 5.74) is 1.75. The molecule has 1 aliphatic carbocycles. The maximum absolute atomic E-state index is 12.0. The van der Waals surface area contributed by atoms with Crippen LogP contribution in [0.3, 0.4) is 0 Å². The van der Waals surface area contributed by atoms with Crippen LogP contribution >= 0.6 is 0 Å². The van der Waals surface area contributed by atoms with E-state index in [-0.39, 0.29) is 18.0 Å². The van der Waals surface area contributed by atoms with E-state index in [1.165, 1.54) is 5.56 Å². The Balaban J connectivity index is 2.21. The fraction of sp³-hybridized carbons (Fsp3) is 0.438. The zero-order valence-electron chi connectivity index (χ0n) is 12.9. The highest BCUT2D eigenvalue weighted by Crippen LogP contribution is 2.18. The SMILES string of the molecule is C[Si](C)(C)N(Cc1ccccc1)/N=C1/CCC(=O)CC1=O. The zero-order valence-corrected chi connectivity index (χ0v) is 13.9. The first-order valence-corrected chi connectivity index (χ1v) is 10.7. The molecule has 0 aromatic heterocycles. The van der Waals surface area contributed by atoms with Crippen LogP contribution in [0.4, 0.5) is 0 Å². The van der Waals surface area contributed by atoms with Gasteiger partial charge in [-0.2, -0.15) is 5.10 Å². The van der Waals surface area contributed by atoms with Crippen molar-refractivity contribution in [2.24, 2.45) is 5.10 Å². The fourth-order valence-corrected chi connectivity index (χ4v) is 3.27. The molecule has 0 amide bonds. The maximum atomic E-state index is 12.0. The average molecular weight is 302 g/mol. The van der Waals surface area contributed by atoms with Crippen molar-refractivity contribution < 1.29 is 9.59 Å². The molecule has 1 fully saturated rings. The molecule has 0 bridgehead atoms. The van der Waals surface area contributed by atoms with E-state index >= 15 is 0 Å². The topological polar surface area (TPSA) is 49.7 Å². The monoisotopic (exact) mass is 302 g/mol. The molecule has 0 radical (unpaired) electrons. The second-order valence-electron chi connectivity index (χ2n) is 6.40. The van der Waals surface area contributed by atoms with Crippen LogP contribution in [0.25, 0.3) is 0 Å². The summed E-state index contributed by atoms with van der Waals surface area (Å²) in [5, 5.41) is 4.63. The minimum absolute atomic E-state index is 0.0176. The van der Waals surface area contributed by atoms with Gasteiger partial charge in [-0.3, -0.25) is 9.59 Å². The zero-order chi connectivity index (χ0) is 15.5. The summed E-state index contributed by atoms with van der Waals surface area (Å²) >= 11 is 0. The van der Waals surface area contributed by atoms with Crippen LogP contribution < -0.4 is 0 Å². The average Bonchev–Trinajstić information content (AvgIpc) is 2.41. The van der Waals surface area contributed by atoms with Gasteiger partial charge in [-0.15, -0.1) is 0 Å². The minimum Gasteiger partial charge on any atom is -0.320 e. The Labute approximate surface area is 126 Å². The molecule has 0 spiro atoms. The number of hydrogen-bond donors (Lipinski definition) is 0. The number of Topliss-reactive ketones (excluding diaryl/α,β-unsaturated/α-hetero) is 2. The Morgan fingerprint density at radius 1 is 1.10 bits per heavy atom. The highest BCUT2D eigenvalue weighted by Gasteiger charge is 2.27. The third-order valence-electron chi connectivity index (χ3n) is 3.51. The Morgan fingerprint density at radius 3 is 2.33 bits per heavy atom. The normalized spacial score (nSPS) is 18.1. The molecular weight excluding hydrogens is 280 g/mol. The molecule has 0 unspecified atom stereocenters. The number of nitrogens with zero attached hydrogens (tertiary/aromatic N) is 2. The van der Waals surface area contributed by atoms with E-state index in [1.54, 1.807) is 0 Å². The molecule has 1 aliphatic rings. The lowest BCUT2D eigenvalue weighted by Crippen LogP contribution is -2.43. The van der Waals surface area contributed by atoms with Gasteiger partial charge in [0.2, 0.25) is 0 Å². The molecule has 2 rings (SSSR count). The lowest BCUT2D eigenvalue weighted by molar-refractivity contribution is -0.125. The molecule has 0 N–H and O–H groups in total. The predicted octanol–water partition coefficient (Wildman–Crippen LogP) is 3.00. The molecule has 1 aromatic rings. The molecule has 4 nitrogen and oxygen atoms in total. The number of hydrazone groups is 1. The third kappa shape index (κ3) is 4.36. The number of rotatable bonds is 4. The molecule has 0 atom stereocenters. The molecule has 1 saturated carbocycles. The largest absolute Gasteiger partial charge is 0.320 e.